The number of hydrogen-bond acceptors (Lipinski definition) is 3. The van der Waals surface area contributed by atoms with Crippen molar-refractivity contribution in [3.8, 4) is 0 Å². The zero-order valence-electron chi connectivity index (χ0n) is 6.23. The van der Waals surface area contributed by atoms with E-state index in [9.17, 15) is 0 Å². The maximum Gasteiger partial charge on any atom is 0.356 e. The van der Waals surface area contributed by atoms with Crippen molar-refractivity contribution in [2.45, 2.75) is 5.82 Å². The van der Waals surface area contributed by atoms with E-state index in [0.29, 0.717) is 6.61 Å². The third-order valence-corrected chi connectivity index (χ3v) is 1.77. The Morgan fingerprint density at radius 2 is 2.73 bits per heavy atom. The van der Waals surface area contributed by atoms with Crippen molar-refractivity contribution in [1.29, 1.82) is 0 Å². The third-order valence-electron chi connectivity index (χ3n) is 1.77. The monoisotopic (exact) mass is 151 g/mol. The van der Waals surface area contributed by atoms with Gasteiger partial charge in [0.1, 0.15) is 0 Å². The van der Waals surface area contributed by atoms with Crippen LogP contribution < -0.4 is 0 Å². The van der Waals surface area contributed by atoms with Crippen LogP contribution in [0, 0.1) is 0 Å². The molecule has 1 aliphatic heterocycles. The van der Waals surface area contributed by atoms with E-state index < -0.39 is 0 Å². The summed E-state index contributed by atoms with van der Waals surface area (Å²) in [4.78, 5) is 13.4. The molecule has 1 unspecified atom stereocenters. The van der Waals surface area contributed by atoms with Crippen molar-refractivity contribution < 1.29 is 9.69 Å². The molecule has 0 aliphatic carbocycles. The Balaban J connectivity index is 2.21. The summed E-state index contributed by atoms with van der Waals surface area (Å²) in [5, 5.41) is 0. The Labute approximate surface area is 65.3 Å². The Kier molecular flexibility index (Phi) is 1.67. The SMILES string of the molecule is Cn1cncc1C1[B]OOC1. The van der Waals surface area contributed by atoms with Crippen molar-refractivity contribution in [2.75, 3.05) is 6.61 Å². The lowest BCUT2D eigenvalue weighted by Crippen LogP contribution is -2.08. The average molecular weight is 151 g/mol. The molecule has 1 saturated heterocycles. The van der Waals surface area contributed by atoms with Crippen LogP contribution in [0.1, 0.15) is 11.5 Å². The lowest BCUT2D eigenvalue weighted by molar-refractivity contribution is -0.183. The van der Waals surface area contributed by atoms with Crippen LogP contribution in [0.25, 0.3) is 0 Å². The predicted molar refractivity (Wildman–Crippen MR) is 38.7 cm³/mol. The fourth-order valence-corrected chi connectivity index (χ4v) is 1.14. The second-order valence-electron chi connectivity index (χ2n) is 2.55. The summed E-state index contributed by atoms with van der Waals surface area (Å²) < 4.78 is 1.96. The highest BCUT2D eigenvalue weighted by Gasteiger charge is 2.24. The summed E-state index contributed by atoms with van der Waals surface area (Å²) in [6, 6.07) is 0. The molecule has 0 saturated carbocycles. The van der Waals surface area contributed by atoms with Gasteiger partial charge >= 0.3 is 7.48 Å². The average Bonchev–Trinajstić information content (AvgIpc) is 2.55. The molecular weight excluding hydrogens is 143 g/mol. The number of aryl methyl sites for hydroxylation is 1. The maximum absolute atomic E-state index is 4.74. The van der Waals surface area contributed by atoms with Crippen LogP contribution in [0.4, 0.5) is 0 Å². The molecule has 1 radical (unpaired) electrons. The summed E-state index contributed by atoms with van der Waals surface area (Å²) in [5.41, 5.74) is 1.11. The predicted octanol–water partition coefficient (Wildman–Crippen LogP) is 0.0422. The fraction of sp³-hybridized carbons (Fsp3) is 0.500. The quantitative estimate of drug-likeness (QED) is 0.420. The molecule has 0 aromatic carbocycles. The van der Waals surface area contributed by atoms with Gasteiger partial charge < -0.3 is 9.37 Å². The second-order valence-corrected chi connectivity index (χ2v) is 2.55. The van der Waals surface area contributed by atoms with Gasteiger partial charge in [0, 0.05) is 24.8 Å². The molecular formula is C6H8BN2O2. The number of imidazole rings is 1. The molecule has 1 fully saturated rings. The first-order valence-electron chi connectivity index (χ1n) is 3.46. The van der Waals surface area contributed by atoms with Crippen molar-refractivity contribution in [3.05, 3.63) is 18.2 Å². The lowest BCUT2D eigenvalue weighted by Gasteiger charge is -2.03. The first kappa shape index (κ1) is 6.88. The van der Waals surface area contributed by atoms with Crippen LogP contribution in [-0.2, 0) is 16.7 Å². The van der Waals surface area contributed by atoms with E-state index >= 15 is 0 Å². The van der Waals surface area contributed by atoms with Gasteiger partial charge in [0.15, 0.2) is 0 Å². The van der Waals surface area contributed by atoms with Gasteiger partial charge in [-0.1, -0.05) is 0 Å². The van der Waals surface area contributed by atoms with Gasteiger partial charge in [-0.05, 0) is 0 Å². The van der Waals surface area contributed by atoms with Gasteiger partial charge in [0.2, 0.25) is 0 Å². The summed E-state index contributed by atoms with van der Waals surface area (Å²) in [6.07, 6.45) is 3.58. The smallest absolute Gasteiger partial charge is 0.338 e. The molecule has 0 spiro atoms. The molecule has 2 rings (SSSR count). The Hall–Kier alpha value is -0.805. The van der Waals surface area contributed by atoms with Gasteiger partial charge in [-0.3, -0.25) is 4.89 Å². The molecule has 11 heavy (non-hydrogen) atoms. The summed E-state index contributed by atoms with van der Waals surface area (Å²) in [6.45, 7) is 0.583. The highest BCUT2D eigenvalue weighted by atomic mass is 17.2. The molecule has 57 valence electrons. The number of rotatable bonds is 1. The Morgan fingerprint density at radius 1 is 1.82 bits per heavy atom. The van der Waals surface area contributed by atoms with Gasteiger partial charge in [0.25, 0.3) is 0 Å². The van der Waals surface area contributed by atoms with E-state index in [4.69, 9.17) is 4.89 Å². The largest absolute Gasteiger partial charge is 0.356 e. The zero-order valence-corrected chi connectivity index (χ0v) is 6.23. The molecule has 2 heterocycles. The molecule has 0 amide bonds. The van der Waals surface area contributed by atoms with E-state index in [-0.39, 0.29) is 5.82 Å². The van der Waals surface area contributed by atoms with E-state index in [1.807, 2.05) is 17.8 Å². The van der Waals surface area contributed by atoms with Crippen LogP contribution in [0.15, 0.2) is 12.5 Å². The molecule has 1 atom stereocenters. The van der Waals surface area contributed by atoms with E-state index in [1.165, 1.54) is 0 Å². The van der Waals surface area contributed by atoms with Crippen LogP contribution in [-0.4, -0.2) is 23.6 Å². The van der Waals surface area contributed by atoms with Crippen molar-refractivity contribution in [3.63, 3.8) is 0 Å². The molecule has 4 nitrogen and oxygen atoms in total. The fourth-order valence-electron chi connectivity index (χ4n) is 1.14. The molecule has 5 heteroatoms. The van der Waals surface area contributed by atoms with E-state index in [1.54, 1.807) is 13.8 Å². The minimum Gasteiger partial charge on any atom is -0.338 e. The van der Waals surface area contributed by atoms with Crippen LogP contribution in [0.3, 0.4) is 0 Å². The lowest BCUT2D eigenvalue weighted by atomic mass is 9.80. The minimum absolute atomic E-state index is 0.225. The number of hydrogen-bond donors (Lipinski definition) is 0. The van der Waals surface area contributed by atoms with Gasteiger partial charge in [0.05, 0.1) is 12.9 Å². The van der Waals surface area contributed by atoms with Crippen molar-refractivity contribution >= 4 is 7.48 Å². The van der Waals surface area contributed by atoms with Crippen LogP contribution in [0.5, 0.6) is 0 Å². The van der Waals surface area contributed by atoms with Gasteiger partial charge in [-0.2, -0.15) is 0 Å². The molecule has 0 N–H and O–H groups in total. The normalized spacial score (nSPS) is 23.5. The number of aromatic nitrogens is 2. The summed E-state index contributed by atoms with van der Waals surface area (Å²) in [7, 11) is 3.63. The van der Waals surface area contributed by atoms with Crippen LogP contribution >= 0.6 is 0 Å². The maximum atomic E-state index is 4.74. The first-order chi connectivity index (χ1) is 5.38. The van der Waals surface area contributed by atoms with Gasteiger partial charge in [-0.25, -0.2) is 4.98 Å². The zero-order chi connectivity index (χ0) is 7.68. The summed E-state index contributed by atoms with van der Waals surface area (Å²) in [5.74, 6) is 0.225. The number of nitrogens with zero attached hydrogens (tertiary/aromatic N) is 2. The molecule has 0 bridgehead atoms. The van der Waals surface area contributed by atoms with E-state index in [0.717, 1.165) is 5.69 Å². The highest BCUT2D eigenvalue weighted by Crippen LogP contribution is 2.18. The molecule has 1 aromatic rings. The molecule has 1 aliphatic rings. The second kappa shape index (κ2) is 2.67. The minimum atomic E-state index is 0.225. The van der Waals surface area contributed by atoms with E-state index in [2.05, 4.69) is 9.79 Å². The first-order valence-corrected chi connectivity index (χ1v) is 3.46. The van der Waals surface area contributed by atoms with Crippen molar-refractivity contribution in [1.82, 2.24) is 9.55 Å². The molecule has 1 aromatic heterocycles. The highest BCUT2D eigenvalue weighted by molar-refractivity contribution is 6.30. The Bertz CT molecular complexity index is 244. The van der Waals surface area contributed by atoms with Crippen LogP contribution in [0.2, 0.25) is 0 Å². The van der Waals surface area contributed by atoms with Crippen molar-refractivity contribution in [2.24, 2.45) is 7.05 Å². The topological polar surface area (TPSA) is 36.3 Å². The summed E-state index contributed by atoms with van der Waals surface area (Å²) >= 11 is 0. The Morgan fingerprint density at radius 3 is 3.27 bits per heavy atom. The van der Waals surface area contributed by atoms with Gasteiger partial charge in [-0.15, -0.1) is 0 Å². The standard InChI is InChI=1S/C6H8BN2O2/c1-9-4-8-2-6(9)5-3-10-11-7-5/h2,4-5H,3H2,1H3. The third kappa shape index (κ3) is 1.17.